The lowest BCUT2D eigenvalue weighted by Crippen LogP contribution is -2.25. The number of anilines is 1. The van der Waals surface area contributed by atoms with E-state index >= 15 is 0 Å². The highest BCUT2D eigenvalue weighted by atomic mass is 16.5. The van der Waals surface area contributed by atoms with Crippen LogP contribution in [0.5, 0.6) is 5.88 Å². The molecular weight excluding hydrogens is 238 g/mol. The molecule has 0 aromatic carbocycles. The minimum Gasteiger partial charge on any atom is -0.473 e. The zero-order valence-electron chi connectivity index (χ0n) is 12.1. The van der Waals surface area contributed by atoms with Gasteiger partial charge in [-0.05, 0) is 31.6 Å². The molecule has 1 aliphatic carbocycles. The van der Waals surface area contributed by atoms with E-state index in [1.807, 2.05) is 0 Å². The molecule has 0 bridgehead atoms. The second-order valence-electron chi connectivity index (χ2n) is 5.35. The molecule has 1 N–H and O–H groups in total. The standard InChI is InChI=1S/C15H25N3O/c1-3-8-17-14-10-16-11-15(18-14)19-13-7-5-6-12(4-2)9-13/h10-13H,3-9H2,1-2H3,(H,17,18). The Kier molecular flexibility index (Phi) is 5.43. The first-order chi connectivity index (χ1) is 9.31. The Bertz CT molecular complexity index is 383. The normalized spacial score (nSPS) is 23.1. The molecule has 4 heteroatoms. The molecule has 0 aliphatic heterocycles. The van der Waals surface area contributed by atoms with Crippen molar-refractivity contribution in [1.29, 1.82) is 0 Å². The van der Waals surface area contributed by atoms with Crippen LogP contribution in [0.4, 0.5) is 5.82 Å². The Balaban J connectivity index is 1.90. The fraction of sp³-hybridized carbons (Fsp3) is 0.733. The summed E-state index contributed by atoms with van der Waals surface area (Å²) in [5.41, 5.74) is 0. The van der Waals surface area contributed by atoms with Crippen molar-refractivity contribution >= 4 is 5.82 Å². The van der Waals surface area contributed by atoms with Crippen LogP contribution in [-0.2, 0) is 0 Å². The van der Waals surface area contributed by atoms with Gasteiger partial charge in [0.25, 0.3) is 0 Å². The van der Waals surface area contributed by atoms with Crippen molar-refractivity contribution in [2.45, 2.75) is 58.5 Å². The molecule has 1 fully saturated rings. The molecule has 2 unspecified atom stereocenters. The van der Waals surface area contributed by atoms with E-state index in [0.717, 1.165) is 37.5 Å². The second kappa shape index (κ2) is 7.31. The molecule has 1 heterocycles. The van der Waals surface area contributed by atoms with Crippen molar-refractivity contribution in [1.82, 2.24) is 9.97 Å². The van der Waals surface area contributed by atoms with Gasteiger partial charge in [0.15, 0.2) is 0 Å². The Hall–Kier alpha value is -1.32. The molecule has 2 atom stereocenters. The number of hydrogen-bond acceptors (Lipinski definition) is 4. The van der Waals surface area contributed by atoms with Crippen LogP contribution in [0.15, 0.2) is 12.4 Å². The van der Waals surface area contributed by atoms with Crippen molar-refractivity contribution in [3.8, 4) is 5.88 Å². The monoisotopic (exact) mass is 263 g/mol. The Labute approximate surface area is 116 Å². The van der Waals surface area contributed by atoms with Gasteiger partial charge in [-0.3, -0.25) is 4.98 Å². The summed E-state index contributed by atoms with van der Waals surface area (Å²) in [6.07, 6.45) is 11.0. The summed E-state index contributed by atoms with van der Waals surface area (Å²) in [4.78, 5) is 8.65. The van der Waals surface area contributed by atoms with E-state index in [9.17, 15) is 0 Å². The number of aromatic nitrogens is 2. The zero-order chi connectivity index (χ0) is 13.5. The molecule has 0 spiro atoms. The van der Waals surface area contributed by atoms with Crippen LogP contribution in [0.25, 0.3) is 0 Å². The van der Waals surface area contributed by atoms with E-state index < -0.39 is 0 Å². The third kappa shape index (κ3) is 4.37. The number of nitrogens with one attached hydrogen (secondary N) is 1. The van der Waals surface area contributed by atoms with Gasteiger partial charge < -0.3 is 10.1 Å². The molecule has 1 aromatic heterocycles. The molecule has 106 valence electrons. The number of nitrogens with zero attached hydrogens (tertiary/aromatic N) is 2. The Morgan fingerprint density at radius 3 is 3.00 bits per heavy atom. The highest BCUT2D eigenvalue weighted by Gasteiger charge is 2.22. The summed E-state index contributed by atoms with van der Waals surface area (Å²) in [6.45, 7) is 5.31. The van der Waals surface area contributed by atoms with Crippen molar-refractivity contribution in [3.05, 3.63) is 12.4 Å². The predicted molar refractivity (Wildman–Crippen MR) is 77.5 cm³/mol. The third-order valence-corrected chi connectivity index (χ3v) is 3.77. The first-order valence-corrected chi connectivity index (χ1v) is 7.54. The first kappa shape index (κ1) is 14.1. The highest BCUT2D eigenvalue weighted by molar-refractivity contribution is 5.33. The third-order valence-electron chi connectivity index (χ3n) is 3.77. The van der Waals surface area contributed by atoms with Crippen molar-refractivity contribution in [2.75, 3.05) is 11.9 Å². The van der Waals surface area contributed by atoms with E-state index in [1.54, 1.807) is 12.4 Å². The first-order valence-electron chi connectivity index (χ1n) is 7.54. The molecule has 0 radical (unpaired) electrons. The summed E-state index contributed by atoms with van der Waals surface area (Å²) in [6, 6.07) is 0. The molecule has 19 heavy (non-hydrogen) atoms. The quantitative estimate of drug-likeness (QED) is 0.851. The van der Waals surface area contributed by atoms with Crippen LogP contribution in [0.2, 0.25) is 0 Å². The van der Waals surface area contributed by atoms with Gasteiger partial charge in [0.2, 0.25) is 5.88 Å². The summed E-state index contributed by atoms with van der Waals surface area (Å²) in [5.74, 6) is 2.28. The van der Waals surface area contributed by atoms with Crippen LogP contribution in [0, 0.1) is 5.92 Å². The van der Waals surface area contributed by atoms with Crippen molar-refractivity contribution in [2.24, 2.45) is 5.92 Å². The van der Waals surface area contributed by atoms with Gasteiger partial charge in [-0.1, -0.05) is 26.7 Å². The fourth-order valence-corrected chi connectivity index (χ4v) is 2.63. The predicted octanol–water partition coefficient (Wildman–Crippen LogP) is 3.65. The van der Waals surface area contributed by atoms with Gasteiger partial charge in [0.05, 0.1) is 12.4 Å². The molecule has 2 rings (SSSR count). The average Bonchev–Trinajstić information content (AvgIpc) is 2.46. The highest BCUT2D eigenvalue weighted by Crippen LogP contribution is 2.29. The van der Waals surface area contributed by atoms with E-state index in [4.69, 9.17) is 4.74 Å². The lowest BCUT2D eigenvalue weighted by atomic mass is 9.85. The summed E-state index contributed by atoms with van der Waals surface area (Å²) in [5, 5.41) is 3.24. The van der Waals surface area contributed by atoms with Gasteiger partial charge in [-0.25, -0.2) is 0 Å². The Morgan fingerprint density at radius 1 is 1.32 bits per heavy atom. The maximum Gasteiger partial charge on any atom is 0.234 e. The van der Waals surface area contributed by atoms with Gasteiger partial charge in [-0.15, -0.1) is 0 Å². The minimum absolute atomic E-state index is 0.314. The van der Waals surface area contributed by atoms with Gasteiger partial charge in [0.1, 0.15) is 11.9 Å². The fourth-order valence-electron chi connectivity index (χ4n) is 2.63. The average molecular weight is 263 g/mol. The molecule has 1 saturated carbocycles. The SMILES string of the molecule is CCCNc1cncc(OC2CCCC(CC)C2)n1. The smallest absolute Gasteiger partial charge is 0.234 e. The number of hydrogen-bond donors (Lipinski definition) is 1. The summed E-state index contributed by atoms with van der Waals surface area (Å²) in [7, 11) is 0. The lowest BCUT2D eigenvalue weighted by Gasteiger charge is -2.28. The van der Waals surface area contributed by atoms with E-state index in [0.29, 0.717) is 12.0 Å². The van der Waals surface area contributed by atoms with E-state index in [1.165, 1.54) is 19.3 Å². The number of rotatable bonds is 6. The maximum atomic E-state index is 5.99. The van der Waals surface area contributed by atoms with Crippen LogP contribution < -0.4 is 10.1 Å². The summed E-state index contributed by atoms with van der Waals surface area (Å²) >= 11 is 0. The van der Waals surface area contributed by atoms with Gasteiger partial charge in [-0.2, -0.15) is 4.98 Å². The molecule has 0 saturated heterocycles. The minimum atomic E-state index is 0.314. The largest absolute Gasteiger partial charge is 0.473 e. The molecule has 0 amide bonds. The molecule has 1 aromatic rings. The second-order valence-corrected chi connectivity index (χ2v) is 5.35. The molecule has 1 aliphatic rings. The zero-order valence-corrected chi connectivity index (χ0v) is 12.1. The van der Waals surface area contributed by atoms with E-state index in [-0.39, 0.29) is 0 Å². The van der Waals surface area contributed by atoms with Gasteiger partial charge >= 0.3 is 0 Å². The Morgan fingerprint density at radius 2 is 2.21 bits per heavy atom. The summed E-state index contributed by atoms with van der Waals surface area (Å²) < 4.78 is 5.99. The van der Waals surface area contributed by atoms with Crippen LogP contribution in [0.3, 0.4) is 0 Å². The molecular formula is C15H25N3O. The van der Waals surface area contributed by atoms with Crippen LogP contribution in [-0.4, -0.2) is 22.6 Å². The van der Waals surface area contributed by atoms with Crippen molar-refractivity contribution in [3.63, 3.8) is 0 Å². The topological polar surface area (TPSA) is 47.0 Å². The van der Waals surface area contributed by atoms with Crippen molar-refractivity contribution < 1.29 is 4.74 Å². The molecule has 4 nitrogen and oxygen atoms in total. The number of ether oxygens (including phenoxy) is 1. The van der Waals surface area contributed by atoms with Gasteiger partial charge in [0, 0.05) is 6.54 Å². The lowest BCUT2D eigenvalue weighted by molar-refractivity contribution is 0.117. The maximum absolute atomic E-state index is 5.99. The van der Waals surface area contributed by atoms with Crippen LogP contribution in [0.1, 0.15) is 52.4 Å². The van der Waals surface area contributed by atoms with Crippen LogP contribution >= 0.6 is 0 Å². The van der Waals surface area contributed by atoms with E-state index in [2.05, 4.69) is 29.1 Å².